The second-order valence-corrected chi connectivity index (χ2v) is 8.96. The molecule has 3 fully saturated rings. The molecule has 5 rings (SSSR count). The van der Waals surface area contributed by atoms with E-state index in [1.807, 2.05) is 4.90 Å². The van der Waals surface area contributed by atoms with Crippen LogP contribution in [0.1, 0.15) is 12.8 Å². The topological polar surface area (TPSA) is 89.1 Å². The van der Waals surface area contributed by atoms with E-state index in [2.05, 4.69) is 15.3 Å². The lowest BCUT2D eigenvalue weighted by molar-refractivity contribution is 0.122. The maximum Gasteiger partial charge on any atom is 0.323 e. The number of carbonyl (C=O) groups is 1. The Morgan fingerprint density at radius 3 is 2.77 bits per heavy atom. The summed E-state index contributed by atoms with van der Waals surface area (Å²) in [6.07, 6.45) is 1.94. The quantitative estimate of drug-likeness (QED) is 0.737. The minimum Gasteiger partial charge on any atom is -0.479 e. The SMILES string of the molecule is COc1nc(F)c(N2CCOCC2)c2sc(NC(=O)N3CCC4(CCOC4)C3)nc12. The Bertz CT molecular complexity index is 958. The van der Waals surface area contributed by atoms with E-state index in [1.165, 1.54) is 18.4 Å². The van der Waals surface area contributed by atoms with Gasteiger partial charge >= 0.3 is 6.03 Å². The van der Waals surface area contributed by atoms with E-state index >= 15 is 0 Å². The molecule has 1 spiro atoms. The van der Waals surface area contributed by atoms with Gasteiger partial charge in [-0.3, -0.25) is 5.32 Å². The molecule has 9 nitrogen and oxygen atoms in total. The molecule has 11 heteroatoms. The van der Waals surface area contributed by atoms with E-state index in [-0.39, 0.29) is 17.3 Å². The molecule has 1 unspecified atom stereocenters. The summed E-state index contributed by atoms with van der Waals surface area (Å²) in [7, 11) is 1.43. The number of fused-ring (bicyclic) bond motifs is 1. The van der Waals surface area contributed by atoms with Gasteiger partial charge in [0.25, 0.3) is 0 Å². The lowest BCUT2D eigenvalue weighted by Gasteiger charge is -2.29. The maximum absolute atomic E-state index is 14.8. The van der Waals surface area contributed by atoms with Gasteiger partial charge in [0, 0.05) is 38.2 Å². The normalized spacial score (nSPS) is 24.2. The first-order valence-electron chi connectivity index (χ1n) is 10.1. The van der Waals surface area contributed by atoms with E-state index < -0.39 is 5.95 Å². The third-order valence-electron chi connectivity index (χ3n) is 6.08. The first-order valence-corrected chi connectivity index (χ1v) is 10.9. The minimum absolute atomic E-state index is 0.0880. The number of likely N-dealkylation sites (tertiary alicyclic amines) is 1. The average Bonchev–Trinajstić information content (AvgIpc) is 3.49. The summed E-state index contributed by atoms with van der Waals surface area (Å²) in [5, 5.41) is 3.29. The highest BCUT2D eigenvalue weighted by Gasteiger charge is 2.43. The highest BCUT2D eigenvalue weighted by molar-refractivity contribution is 7.23. The lowest BCUT2D eigenvalue weighted by atomic mass is 9.87. The molecule has 3 saturated heterocycles. The highest BCUT2D eigenvalue weighted by atomic mass is 32.1. The summed E-state index contributed by atoms with van der Waals surface area (Å²) in [6.45, 7) is 5.03. The number of rotatable bonds is 3. The Labute approximate surface area is 177 Å². The number of ether oxygens (including phenoxy) is 3. The van der Waals surface area contributed by atoms with Gasteiger partial charge in [-0.1, -0.05) is 11.3 Å². The molecular weight excluding hydrogens is 413 g/mol. The first-order chi connectivity index (χ1) is 14.6. The average molecular weight is 437 g/mol. The van der Waals surface area contributed by atoms with E-state index in [0.29, 0.717) is 67.0 Å². The summed E-state index contributed by atoms with van der Waals surface area (Å²) in [6, 6.07) is -0.196. The van der Waals surface area contributed by atoms with Crippen LogP contribution in [0, 0.1) is 11.4 Å². The van der Waals surface area contributed by atoms with Gasteiger partial charge in [0.2, 0.25) is 11.8 Å². The number of methoxy groups -OCH3 is 1. The summed E-state index contributed by atoms with van der Waals surface area (Å²) in [5.41, 5.74) is 0.920. The fourth-order valence-electron chi connectivity index (χ4n) is 4.42. The van der Waals surface area contributed by atoms with Gasteiger partial charge in [-0.15, -0.1) is 0 Å². The van der Waals surface area contributed by atoms with Crippen molar-refractivity contribution in [1.82, 2.24) is 14.9 Å². The van der Waals surface area contributed by atoms with Gasteiger partial charge in [-0.05, 0) is 12.8 Å². The molecule has 0 aromatic carbocycles. The van der Waals surface area contributed by atoms with Crippen molar-refractivity contribution in [2.75, 3.05) is 69.9 Å². The lowest BCUT2D eigenvalue weighted by Crippen LogP contribution is -2.37. The Morgan fingerprint density at radius 2 is 2.03 bits per heavy atom. The summed E-state index contributed by atoms with van der Waals surface area (Å²) >= 11 is 1.24. The number of nitrogens with one attached hydrogen (secondary N) is 1. The van der Waals surface area contributed by atoms with Gasteiger partial charge in [-0.2, -0.15) is 9.37 Å². The van der Waals surface area contributed by atoms with Crippen LogP contribution in [0.15, 0.2) is 0 Å². The van der Waals surface area contributed by atoms with Gasteiger partial charge in [0.15, 0.2) is 5.13 Å². The smallest absolute Gasteiger partial charge is 0.323 e. The Balaban J connectivity index is 1.41. The molecule has 2 aromatic rings. The zero-order valence-electron chi connectivity index (χ0n) is 16.8. The third-order valence-corrected chi connectivity index (χ3v) is 7.06. The molecule has 5 heterocycles. The molecule has 1 N–H and O–H groups in total. The predicted molar refractivity (Wildman–Crippen MR) is 110 cm³/mol. The number of urea groups is 1. The second-order valence-electron chi connectivity index (χ2n) is 7.96. The summed E-state index contributed by atoms with van der Waals surface area (Å²) < 4.78 is 31.6. The highest BCUT2D eigenvalue weighted by Crippen LogP contribution is 2.41. The van der Waals surface area contributed by atoms with E-state index in [4.69, 9.17) is 14.2 Å². The zero-order valence-corrected chi connectivity index (χ0v) is 17.6. The van der Waals surface area contributed by atoms with Crippen molar-refractivity contribution in [1.29, 1.82) is 0 Å². The van der Waals surface area contributed by atoms with Crippen molar-refractivity contribution in [3.63, 3.8) is 0 Å². The Morgan fingerprint density at radius 1 is 1.20 bits per heavy atom. The molecule has 30 heavy (non-hydrogen) atoms. The number of hydrogen-bond acceptors (Lipinski definition) is 8. The second kappa shape index (κ2) is 7.78. The van der Waals surface area contributed by atoms with Crippen LogP contribution < -0.4 is 15.0 Å². The van der Waals surface area contributed by atoms with E-state index in [9.17, 15) is 9.18 Å². The number of anilines is 2. The summed E-state index contributed by atoms with van der Waals surface area (Å²) in [4.78, 5) is 25.0. The Kier molecular flexibility index (Phi) is 5.11. The number of morpholine rings is 1. The van der Waals surface area contributed by atoms with Gasteiger partial charge in [-0.25, -0.2) is 9.78 Å². The number of hydrogen-bond donors (Lipinski definition) is 1. The number of nitrogens with zero attached hydrogens (tertiary/aromatic N) is 4. The number of thiazole rings is 1. The van der Waals surface area contributed by atoms with Crippen LogP contribution in [0.2, 0.25) is 0 Å². The largest absolute Gasteiger partial charge is 0.479 e. The van der Waals surface area contributed by atoms with E-state index in [0.717, 1.165) is 19.4 Å². The van der Waals surface area contributed by atoms with Crippen LogP contribution in [0.3, 0.4) is 0 Å². The molecule has 0 aliphatic carbocycles. The molecule has 0 saturated carbocycles. The predicted octanol–water partition coefficient (Wildman–Crippen LogP) is 2.32. The molecule has 2 aromatic heterocycles. The van der Waals surface area contributed by atoms with Crippen LogP contribution in [0.25, 0.3) is 10.2 Å². The maximum atomic E-state index is 14.8. The molecular formula is C19H24FN5O4S. The van der Waals surface area contributed by atoms with Crippen molar-refractivity contribution in [3.8, 4) is 5.88 Å². The fraction of sp³-hybridized carbons (Fsp3) is 0.632. The molecule has 0 radical (unpaired) electrons. The van der Waals surface area contributed by atoms with Crippen molar-refractivity contribution < 1.29 is 23.4 Å². The monoisotopic (exact) mass is 437 g/mol. The molecule has 0 bridgehead atoms. The number of halogens is 1. The number of amides is 2. The molecule has 3 aliphatic heterocycles. The minimum atomic E-state index is -0.606. The number of carbonyl (C=O) groups excluding carboxylic acids is 1. The zero-order chi connectivity index (χ0) is 20.7. The summed E-state index contributed by atoms with van der Waals surface area (Å²) in [5.74, 6) is -0.495. The van der Waals surface area contributed by atoms with Gasteiger partial charge in [0.1, 0.15) is 11.2 Å². The van der Waals surface area contributed by atoms with Gasteiger partial charge in [0.05, 0.1) is 31.6 Å². The van der Waals surface area contributed by atoms with Crippen LogP contribution in [0.4, 0.5) is 20.0 Å². The van der Waals surface area contributed by atoms with Crippen LogP contribution >= 0.6 is 11.3 Å². The van der Waals surface area contributed by atoms with E-state index in [1.54, 1.807) is 4.90 Å². The van der Waals surface area contributed by atoms with Crippen molar-refractivity contribution >= 4 is 38.4 Å². The van der Waals surface area contributed by atoms with Crippen LogP contribution in [0.5, 0.6) is 5.88 Å². The van der Waals surface area contributed by atoms with Crippen LogP contribution in [-0.2, 0) is 9.47 Å². The fourth-order valence-corrected chi connectivity index (χ4v) is 5.43. The first kappa shape index (κ1) is 19.7. The standard InChI is InChI=1S/C19H24FN5O4S/c1-27-16-12-14(13(15(20)22-16)24-5-8-28-9-6-24)30-17(21-12)23-18(26)25-4-2-19(10-25)3-7-29-11-19/h2-11H2,1H3,(H,21,23,26). The van der Waals surface area contributed by atoms with Gasteiger partial charge < -0.3 is 24.0 Å². The number of aromatic nitrogens is 2. The number of pyridine rings is 1. The molecule has 162 valence electrons. The van der Waals surface area contributed by atoms with Crippen molar-refractivity contribution in [2.45, 2.75) is 12.8 Å². The van der Waals surface area contributed by atoms with Crippen molar-refractivity contribution in [3.05, 3.63) is 5.95 Å². The third kappa shape index (κ3) is 3.44. The van der Waals surface area contributed by atoms with Crippen molar-refractivity contribution in [2.24, 2.45) is 5.41 Å². The molecule has 2 amide bonds. The molecule has 1 atom stereocenters. The Hall–Kier alpha value is -2.24. The molecule has 3 aliphatic rings. The van der Waals surface area contributed by atoms with Crippen LogP contribution in [-0.4, -0.2) is 80.6 Å².